The third kappa shape index (κ3) is 4.72. The number of nitrogens with zero attached hydrogens (tertiary/aromatic N) is 3. The zero-order valence-electron chi connectivity index (χ0n) is 16.6. The van der Waals surface area contributed by atoms with Crippen LogP contribution >= 0.6 is 0 Å². The van der Waals surface area contributed by atoms with Crippen molar-refractivity contribution in [2.24, 2.45) is 0 Å². The van der Waals surface area contributed by atoms with Crippen LogP contribution in [0.25, 0.3) is 5.69 Å². The summed E-state index contributed by atoms with van der Waals surface area (Å²) in [5, 5.41) is 7.38. The summed E-state index contributed by atoms with van der Waals surface area (Å²) >= 11 is 0. The largest absolute Gasteiger partial charge is 0.487 e. The van der Waals surface area contributed by atoms with Gasteiger partial charge in [0.2, 0.25) is 0 Å². The molecule has 150 valence electrons. The van der Waals surface area contributed by atoms with Crippen LogP contribution in [0.4, 0.5) is 0 Å². The van der Waals surface area contributed by atoms with Gasteiger partial charge in [0.1, 0.15) is 12.4 Å². The van der Waals surface area contributed by atoms with Crippen molar-refractivity contribution >= 4 is 5.91 Å². The van der Waals surface area contributed by atoms with Crippen molar-refractivity contribution in [1.29, 1.82) is 0 Å². The Hall–Kier alpha value is -3.93. The van der Waals surface area contributed by atoms with Gasteiger partial charge in [-0.25, -0.2) is 4.68 Å². The number of carbonyl (C=O) groups excluding carboxylic acids is 1. The molecule has 1 unspecified atom stereocenters. The number of ether oxygens (including phenoxy) is 1. The van der Waals surface area contributed by atoms with E-state index >= 15 is 0 Å². The van der Waals surface area contributed by atoms with Crippen LogP contribution in [0.2, 0.25) is 0 Å². The number of amides is 1. The van der Waals surface area contributed by atoms with Gasteiger partial charge in [-0.1, -0.05) is 36.4 Å². The van der Waals surface area contributed by atoms with Crippen LogP contribution in [-0.4, -0.2) is 20.7 Å². The first-order valence-corrected chi connectivity index (χ1v) is 9.74. The van der Waals surface area contributed by atoms with Gasteiger partial charge in [-0.3, -0.25) is 9.78 Å². The highest BCUT2D eigenvalue weighted by Crippen LogP contribution is 2.20. The number of aromatic nitrogens is 3. The van der Waals surface area contributed by atoms with Crippen molar-refractivity contribution in [3.8, 4) is 11.4 Å². The van der Waals surface area contributed by atoms with Crippen molar-refractivity contribution < 1.29 is 9.53 Å². The molecule has 1 N–H and O–H groups in total. The Morgan fingerprint density at radius 1 is 1.03 bits per heavy atom. The van der Waals surface area contributed by atoms with Crippen LogP contribution in [0, 0.1) is 0 Å². The third-order valence-corrected chi connectivity index (χ3v) is 4.66. The molecule has 0 aliphatic rings. The van der Waals surface area contributed by atoms with E-state index in [1.807, 2.05) is 79.7 Å². The van der Waals surface area contributed by atoms with E-state index in [0.29, 0.717) is 12.3 Å². The second kappa shape index (κ2) is 9.05. The van der Waals surface area contributed by atoms with Crippen LogP contribution < -0.4 is 10.1 Å². The molecule has 0 saturated heterocycles. The quantitative estimate of drug-likeness (QED) is 0.503. The Labute approximate surface area is 175 Å². The van der Waals surface area contributed by atoms with Crippen molar-refractivity contribution in [3.05, 3.63) is 108 Å². The Balaban J connectivity index is 1.39. The summed E-state index contributed by atoms with van der Waals surface area (Å²) in [6, 6.07) is 24.6. The molecule has 6 nitrogen and oxygen atoms in total. The Morgan fingerprint density at radius 2 is 1.87 bits per heavy atom. The fourth-order valence-electron chi connectivity index (χ4n) is 3.04. The van der Waals surface area contributed by atoms with Gasteiger partial charge < -0.3 is 10.1 Å². The van der Waals surface area contributed by atoms with Crippen LogP contribution in [0.15, 0.2) is 91.3 Å². The van der Waals surface area contributed by atoms with Crippen molar-refractivity contribution in [3.63, 3.8) is 0 Å². The number of carbonyl (C=O) groups is 1. The Bertz CT molecular complexity index is 1110. The summed E-state index contributed by atoms with van der Waals surface area (Å²) < 4.78 is 7.52. The second-order valence-electron chi connectivity index (χ2n) is 6.86. The normalized spacial score (nSPS) is 11.6. The van der Waals surface area contributed by atoms with Crippen molar-refractivity contribution in [2.45, 2.75) is 19.6 Å². The van der Waals surface area contributed by atoms with Crippen LogP contribution in [-0.2, 0) is 6.61 Å². The van der Waals surface area contributed by atoms with E-state index in [-0.39, 0.29) is 11.9 Å². The lowest BCUT2D eigenvalue weighted by atomic mass is 10.1. The lowest BCUT2D eigenvalue weighted by Crippen LogP contribution is -2.27. The van der Waals surface area contributed by atoms with E-state index in [4.69, 9.17) is 4.74 Å². The van der Waals surface area contributed by atoms with Crippen LogP contribution in [0.1, 0.15) is 34.7 Å². The highest BCUT2D eigenvalue weighted by Gasteiger charge is 2.15. The number of pyridine rings is 1. The summed E-state index contributed by atoms with van der Waals surface area (Å²) in [6.07, 6.45) is 3.52. The molecule has 4 aromatic rings. The lowest BCUT2D eigenvalue weighted by molar-refractivity contribution is 0.0934. The molecule has 1 amide bonds. The van der Waals surface area contributed by atoms with Crippen molar-refractivity contribution in [1.82, 2.24) is 20.1 Å². The molecule has 4 rings (SSSR count). The molecule has 0 radical (unpaired) electrons. The van der Waals surface area contributed by atoms with Gasteiger partial charge in [0, 0.05) is 12.4 Å². The third-order valence-electron chi connectivity index (χ3n) is 4.66. The predicted molar refractivity (Wildman–Crippen MR) is 114 cm³/mol. The molecule has 0 fully saturated rings. The SMILES string of the molecule is CC(NC(=O)c1ccn(-c2ccccc2)n1)c1cccc(OCc2ccccn2)c1. The van der Waals surface area contributed by atoms with Gasteiger partial charge in [0.05, 0.1) is 17.4 Å². The summed E-state index contributed by atoms with van der Waals surface area (Å²) in [4.78, 5) is 16.9. The minimum absolute atomic E-state index is 0.197. The maximum absolute atomic E-state index is 12.6. The minimum atomic E-state index is -0.225. The highest BCUT2D eigenvalue weighted by molar-refractivity contribution is 5.92. The lowest BCUT2D eigenvalue weighted by Gasteiger charge is -2.15. The average Bonchev–Trinajstić information content (AvgIpc) is 3.30. The maximum Gasteiger partial charge on any atom is 0.272 e. The van der Waals surface area contributed by atoms with Crippen molar-refractivity contribution in [2.75, 3.05) is 0 Å². The molecule has 0 aliphatic carbocycles. The Morgan fingerprint density at radius 3 is 2.67 bits per heavy atom. The van der Waals surface area contributed by atoms with Crippen LogP contribution in [0.5, 0.6) is 5.75 Å². The summed E-state index contributed by atoms with van der Waals surface area (Å²) in [6.45, 7) is 2.33. The summed E-state index contributed by atoms with van der Waals surface area (Å²) in [5.74, 6) is 0.504. The molecule has 2 heterocycles. The number of para-hydroxylation sites is 1. The number of rotatable bonds is 7. The van der Waals surface area contributed by atoms with Gasteiger partial charge in [0.25, 0.3) is 5.91 Å². The van der Waals surface area contributed by atoms with E-state index in [1.165, 1.54) is 0 Å². The highest BCUT2D eigenvalue weighted by atomic mass is 16.5. The monoisotopic (exact) mass is 398 g/mol. The molecule has 6 heteroatoms. The maximum atomic E-state index is 12.6. The molecular weight excluding hydrogens is 376 g/mol. The zero-order chi connectivity index (χ0) is 20.8. The average molecular weight is 398 g/mol. The summed E-state index contributed by atoms with van der Waals surface area (Å²) in [7, 11) is 0. The zero-order valence-corrected chi connectivity index (χ0v) is 16.6. The van der Waals surface area contributed by atoms with E-state index in [9.17, 15) is 4.79 Å². The van der Waals surface area contributed by atoms with Gasteiger partial charge >= 0.3 is 0 Å². The smallest absolute Gasteiger partial charge is 0.272 e. The number of benzene rings is 2. The number of hydrogen-bond acceptors (Lipinski definition) is 4. The molecule has 0 bridgehead atoms. The first-order chi connectivity index (χ1) is 14.7. The molecule has 2 aromatic carbocycles. The topological polar surface area (TPSA) is 69.0 Å². The molecule has 0 spiro atoms. The number of nitrogens with one attached hydrogen (secondary N) is 1. The van der Waals surface area contributed by atoms with E-state index < -0.39 is 0 Å². The molecule has 30 heavy (non-hydrogen) atoms. The van der Waals surface area contributed by atoms with Gasteiger partial charge in [0.15, 0.2) is 5.69 Å². The van der Waals surface area contributed by atoms with Gasteiger partial charge in [-0.2, -0.15) is 5.10 Å². The standard InChI is InChI=1S/C24H22N4O2/c1-18(19-8-7-12-22(16-19)30-17-20-9-5-6-14-25-20)26-24(29)23-13-15-28(27-23)21-10-3-2-4-11-21/h2-16,18H,17H2,1H3,(H,26,29). The molecule has 0 aliphatic heterocycles. The van der Waals surface area contributed by atoms with Gasteiger partial charge in [-0.15, -0.1) is 0 Å². The van der Waals surface area contributed by atoms with E-state index in [0.717, 1.165) is 22.7 Å². The first-order valence-electron chi connectivity index (χ1n) is 9.74. The van der Waals surface area contributed by atoms with Crippen LogP contribution in [0.3, 0.4) is 0 Å². The van der Waals surface area contributed by atoms with Gasteiger partial charge in [-0.05, 0) is 55.0 Å². The van der Waals surface area contributed by atoms with E-state index in [1.54, 1.807) is 23.1 Å². The Kier molecular flexibility index (Phi) is 5.85. The molecular formula is C24H22N4O2. The fourth-order valence-corrected chi connectivity index (χ4v) is 3.04. The second-order valence-corrected chi connectivity index (χ2v) is 6.86. The number of hydrogen-bond donors (Lipinski definition) is 1. The first kappa shape index (κ1) is 19.4. The minimum Gasteiger partial charge on any atom is -0.487 e. The van der Waals surface area contributed by atoms with E-state index in [2.05, 4.69) is 15.4 Å². The fraction of sp³-hybridized carbons (Fsp3) is 0.125. The molecule has 2 aromatic heterocycles. The summed E-state index contributed by atoms with van der Waals surface area (Å²) in [5.41, 5.74) is 3.08. The predicted octanol–water partition coefficient (Wildman–Crippen LogP) is 4.34. The molecule has 1 atom stereocenters. The molecule has 0 saturated carbocycles.